The van der Waals surface area contributed by atoms with Gasteiger partial charge in [-0.25, -0.2) is 4.98 Å². The average Bonchev–Trinajstić information content (AvgIpc) is 2.65. The largest absolute Gasteiger partial charge is 0.337 e. The van der Waals surface area contributed by atoms with Crippen LogP contribution in [0.5, 0.6) is 0 Å². The molecule has 4 nitrogen and oxygen atoms in total. The van der Waals surface area contributed by atoms with E-state index in [1.165, 1.54) is 19.5 Å². The van der Waals surface area contributed by atoms with Crippen molar-refractivity contribution in [2.24, 2.45) is 13.0 Å². The van der Waals surface area contributed by atoms with E-state index in [0.717, 1.165) is 18.3 Å². The van der Waals surface area contributed by atoms with Gasteiger partial charge < -0.3 is 9.88 Å². The van der Waals surface area contributed by atoms with Crippen LogP contribution >= 0.6 is 0 Å². The van der Waals surface area contributed by atoms with Crippen molar-refractivity contribution < 1.29 is 0 Å². The van der Waals surface area contributed by atoms with Gasteiger partial charge in [-0.1, -0.05) is 6.92 Å². The average molecular weight is 222 g/mol. The second-order valence-corrected chi connectivity index (χ2v) is 4.85. The van der Waals surface area contributed by atoms with Gasteiger partial charge in [-0.2, -0.15) is 0 Å². The predicted octanol–water partition coefficient (Wildman–Crippen LogP) is 0.850. The summed E-state index contributed by atoms with van der Waals surface area (Å²) in [6.07, 6.45) is 5.13. The molecule has 0 amide bonds. The Morgan fingerprint density at radius 2 is 2.38 bits per heavy atom. The molecule has 2 heterocycles. The normalized spacial score (nSPS) is 27.2. The highest BCUT2D eigenvalue weighted by molar-refractivity contribution is 4.92. The molecule has 2 unspecified atom stereocenters. The molecule has 0 aliphatic carbocycles. The number of nitrogens with zero attached hydrogens (tertiary/aromatic N) is 3. The number of aryl methyl sites for hydroxylation is 1. The van der Waals surface area contributed by atoms with Crippen LogP contribution in [-0.2, 0) is 13.6 Å². The monoisotopic (exact) mass is 222 g/mol. The van der Waals surface area contributed by atoms with E-state index in [1.54, 1.807) is 0 Å². The first-order valence-electron chi connectivity index (χ1n) is 6.06. The van der Waals surface area contributed by atoms with Crippen LogP contribution in [0.2, 0.25) is 0 Å². The van der Waals surface area contributed by atoms with E-state index in [9.17, 15) is 0 Å². The summed E-state index contributed by atoms with van der Waals surface area (Å²) in [6, 6.07) is 0.678. The molecule has 1 fully saturated rings. The fourth-order valence-corrected chi connectivity index (χ4v) is 2.55. The third-order valence-corrected chi connectivity index (χ3v) is 3.65. The SMILES string of the molecule is CNC1CCN(Cc2nccn2C)CC1C. The zero-order chi connectivity index (χ0) is 11.5. The lowest BCUT2D eigenvalue weighted by atomic mass is 9.94. The highest BCUT2D eigenvalue weighted by Gasteiger charge is 2.25. The van der Waals surface area contributed by atoms with E-state index in [-0.39, 0.29) is 0 Å². The molecular formula is C12H22N4. The Kier molecular flexibility index (Phi) is 3.61. The number of nitrogens with one attached hydrogen (secondary N) is 1. The van der Waals surface area contributed by atoms with Crippen LogP contribution in [0.25, 0.3) is 0 Å². The van der Waals surface area contributed by atoms with Crippen molar-refractivity contribution in [3.05, 3.63) is 18.2 Å². The highest BCUT2D eigenvalue weighted by Crippen LogP contribution is 2.17. The van der Waals surface area contributed by atoms with Gasteiger partial charge in [-0.15, -0.1) is 0 Å². The third kappa shape index (κ3) is 2.44. The van der Waals surface area contributed by atoms with Crippen LogP contribution in [0.4, 0.5) is 0 Å². The fraction of sp³-hybridized carbons (Fsp3) is 0.750. The van der Waals surface area contributed by atoms with Crippen molar-refractivity contribution in [2.45, 2.75) is 25.9 Å². The molecule has 90 valence electrons. The van der Waals surface area contributed by atoms with Gasteiger partial charge in [0.1, 0.15) is 5.82 Å². The molecule has 2 atom stereocenters. The van der Waals surface area contributed by atoms with Crippen LogP contribution in [0.1, 0.15) is 19.2 Å². The highest BCUT2D eigenvalue weighted by atomic mass is 15.2. The lowest BCUT2D eigenvalue weighted by molar-refractivity contribution is 0.141. The van der Waals surface area contributed by atoms with E-state index in [2.05, 4.69) is 40.8 Å². The minimum absolute atomic E-state index is 0.678. The smallest absolute Gasteiger partial charge is 0.122 e. The number of piperidine rings is 1. The second-order valence-electron chi connectivity index (χ2n) is 4.85. The van der Waals surface area contributed by atoms with Gasteiger partial charge in [0.05, 0.1) is 6.54 Å². The molecule has 1 saturated heterocycles. The zero-order valence-electron chi connectivity index (χ0n) is 10.5. The number of imidazole rings is 1. The summed E-state index contributed by atoms with van der Waals surface area (Å²) >= 11 is 0. The Bertz CT molecular complexity index is 334. The van der Waals surface area contributed by atoms with Crippen LogP contribution in [-0.4, -0.2) is 40.6 Å². The van der Waals surface area contributed by atoms with Crippen LogP contribution in [0.3, 0.4) is 0 Å². The molecule has 0 bridgehead atoms. The van der Waals surface area contributed by atoms with Gasteiger partial charge >= 0.3 is 0 Å². The van der Waals surface area contributed by atoms with Crippen LogP contribution in [0, 0.1) is 5.92 Å². The van der Waals surface area contributed by atoms with Crippen molar-refractivity contribution in [1.82, 2.24) is 19.8 Å². The molecule has 0 saturated carbocycles. The number of rotatable bonds is 3. The molecule has 1 aliphatic heterocycles. The Morgan fingerprint density at radius 3 is 2.94 bits per heavy atom. The summed E-state index contributed by atoms with van der Waals surface area (Å²) in [5.74, 6) is 1.88. The lowest BCUT2D eigenvalue weighted by Gasteiger charge is -2.36. The van der Waals surface area contributed by atoms with Crippen molar-refractivity contribution >= 4 is 0 Å². The van der Waals surface area contributed by atoms with Gasteiger partial charge in [0.25, 0.3) is 0 Å². The topological polar surface area (TPSA) is 33.1 Å². The summed E-state index contributed by atoms with van der Waals surface area (Å²) < 4.78 is 2.11. The second kappa shape index (κ2) is 4.97. The van der Waals surface area contributed by atoms with Gasteiger partial charge in [-0.3, -0.25) is 4.90 Å². The summed E-state index contributed by atoms with van der Waals surface area (Å²) in [5, 5.41) is 3.40. The standard InChI is InChI=1S/C12H22N4/c1-10-8-16(6-4-11(10)13-2)9-12-14-5-7-15(12)3/h5,7,10-11,13H,4,6,8-9H2,1-3H3. The van der Waals surface area contributed by atoms with E-state index in [0.29, 0.717) is 6.04 Å². The molecule has 1 aliphatic rings. The maximum atomic E-state index is 4.38. The first-order valence-corrected chi connectivity index (χ1v) is 6.06. The molecular weight excluding hydrogens is 200 g/mol. The van der Waals surface area contributed by atoms with Crippen molar-refractivity contribution in [1.29, 1.82) is 0 Å². The van der Waals surface area contributed by atoms with Crippen molar-refractivity contribution in [2.75, 3.05) is 20.1 Å². The summed E-state index contributed by atoms with van der Waals surface area (Å²) in [4.78, 5) is 6.88. The minimum Gasteiger partial charge on any atom is -0.337 e. The number of hydrogen-bond donors (Lipinski definition) is 1. The molecule has 16 heavy (non-hydrogen) atoms. The van der Waals surface area contributed by atoms with Crippen LogP contribution < -0.4 is 5.32 Å². The summed E-state index contributed by atoms with van der Waals surface area (Å²) in [7, 11) is 4.13. The van der Waals surface area contributed by atoms with E-state index < -0.39 is 0 Å². The zero-order valence-corrected chi connectivity index (χ0v) is 10.5. The van der Waals surface area contributed by atoms with E-state index >= 15 is 0 Å². The molecule has 2 rings (SSSR count). The number of aromatic nitrogens is 2. The first-order chi connectivity index (χ1) is 7.70. The summed E-state index contributed by atoms with van der Waals surface area (Å²) in [5.41, 5.74) is 0. The van der Waals surface area contributed by atoms with Crippen LogP contribution in [0.15, 0.2) is 12.4 Å². The predicted molar refractivity (Wildman–Crippen MR) is 65.1 cm³/mol. The maximum absolute atomic E-state index is 4.38. The molecule has 1 aromatic heterocycles. The van der Waals surface area contributed by atoms with E-state index in [4.69, 9.17) is 0 Å². The molecule has 1 aromatic rings. The third-order valence-electron chi connectivity index (χ3n) is 3.65. The van der Waals surface area contributed by atoms with Crippen molar-refractivity contribution in [3.63, 3.8) is 0 Å². The first kappa shape index (κ1) is 11.6. The number of likely N-dealkylation sites (tertiary alicyclic amines) is 1. The molecule has 0 spiro atoms. The maximum Gasteiger partial charge on any atom is 0.122 e. The minimum atomic E-state index is 0.678. The van der Waals surface area contributed by atoms with Crippen molar-refractivity contribution in [3.8, 4) is 0 Å². The molecule has 4 heteroatoms. The molecule has 1 N–H and O–H groups in total. The lowest BCUT2D eigenvalue weighted by Crippen LogP contribution is -2.47. The van der Waals surface area contributed by atoms with Gasteiger partial charge in [-0.05, 0) is 19.4 Å². The summed E-state index contributed by atoms with van der Waals surface area (Å²) in [6.45, 7) is 5.64. The quantitative estimate of drug-likeness (QED) is 0.823. The Labute approximate surface area is 97.7 Å². The number of hydrogen-bond acceptors (Lipinski definition) is 3. The van der Waals surface area contributed by atoms with Gasteiger partial charge in [0.2, 0.25) is 0 Å². The molecule has 0 aromatic carbocycles. The van der Waals surface area contributed by atoms with Gasteiger partial charge in [0, 0.05) is 38.6 Å². The molecule has 0 radical (unpaired) electrons. The Morgan fingerprint density at radius 1 is 1.56 bits per heavy atom. The Balaban J connectivity index is 1.91. The van der Waals surface area contributed by atoms with E-state index in [1.807, 2.05) is 12.4 Å². The Hall–Kier alpha value is -0.870. The van der Waals surface area contributed by atoms with Gasteiger partial charge in [0.15, 0.2) is 0 Å². The fourth-order valence-electron chi connectivity index (χ4n) is 2.55.